The summed E-state index contributed by atoms with van der Waals surface area (Å²) in [5.41, 5.74) is 1.27. The number of aliphatic hydroxyl groups excluding tert-OH is 1. The van der Waals surface area contributed by atoms with Crippen LogP contribution in [0.25, 0.3) is 0 Å². The minimum absolute atomic E-state index is 0.276. The van der Waals surface area contributed by atoms with Crippen LogP contribution in [0.5, 0.6) is 0 Å². The molecule has 0 atom stereocenters. The van der Waals surface area contributed by atoms with E-state index in [1.165, 1.54) is 5.56 Å². The molecule has 0 spiro atoms. The van der Waals surface area contributed by atoms with Crippen molar-refractivity contribution in [3.8, 4) is 0 Å². The van der Waals surface area contributed by atoms with Crippen molar-refractivity contribution in [3.05, 3.63) is 30.1 Å². The summed E-state index contributed by atoms with van der Waals surface area (Å²) in [6.07, 6.45) is 5.61. The Bertz CT molecular complexity index is 174. The predicted octanol–water partition coefficient (Wildman–Crippen LogP) is 0.426. The first-order chi connectivity index (χ1) is 4.93. The zero-order chi connectivity index (χ0) is 7.23. The van der Waals surface area contributed by atoms with Crippen molar-refractivity contribution < 1.29 is 10.1 Å². The zero-order valence-electron chi connectivity index (χ0n) is 5.88. The van der Waals surface area contributed by atoms with Crippen molar-refractivity contribution in [2.45, 2.75) is 12.8 Å². The van der Waals surface area contributed by atoms with Gasteiger partial charge < -0.3 is 5.11 Å². The molecule has 10 heavy (non-hydrogen) atoms. The van der Waals surface area contributed by atoms with E-state index in [1.54, 1.807) is 0 Å². The van der Waals surface area contributed by atoms with E-state index in [2.05, 4.69) is 4.98 Å². The third-order valence-corrected chi connectivity index (χ3v) is 1.41. The molecule has 0 aromatic carbocycles. The average Bonchev–Trinajstić information content (AvgIpc) is 2.03. The average molecular weight is 138 g/mol. The molecule has 0 bridgehead atoms. The number of aromatic amines is 1. The molecule has 0 unspecified atom stereocenters. The Balaban J connectivity index is 2.43. The van der Waals surface area contributed by atoms with E-state index in [0.717, 1.165) is 12.8 Å². The Morgan fingerprint density at radius 2 is 2.00 bits per heavy atom. The summed E-state index contributed by atoms with van der Waals surface area (Å²) in [7, 11) is 0. The maximum absolute atomic E-state index is 8.52. The van der Waals surface area contributed by atoms with Crippen molar-refractivity contribution in [1.29, 1.82) is 0 Å². The number of aromatic nitrogens is 1. The quantitative estimate of drug-likeness (QED) is 0.645. The summed E-state index contributed by atoms with van der Waals surface area (Å²) in [5, 5.41) is 8.52. The smallest absolute Gasteiger partial charge is 0.167 e. The first kappa shape index (κ1) is 7.22. The van der Waals surface area contributed by atoms with Gasteiger partial charge in [0, 0.05) is 18.7 Å². The van der Waals surface area contributed by atoms with Crippen LogP contribution in [0.4, 0.5) is 0 Å². The van der Waals surface area contributed by atoms with E-state index in [0.29, 0.717) is 0 Å². The highest BCUT2D eigenvalue weighted by Crippen LogP contribution is 1.97. The van der Waals surface area contributed by atoms with Crippen molar-refractivity contribution in [2.24, 2.45) is 0 Å². The summed E-state index contributed by atoms with van der Waals surface area (Å²) < 4.78 is 0. The lowest BCUT2D eigenvalue weighted by atomic mass is 10.1. The second-order valence-electron chi connectivity index (χ2n) is 2.24. The number of nitrogens with one attached hydrogen (secondary N) is 1. The van der Waals surface area contributed by atoms with Crippen LogP contribution in [-0.2, 0) is 6.42 Å². The minimum Gasteiger partial charge on any atom is -0.396 e. The third-order valence-electron chi connectivity index (χ3n) is 1.41. The van der Waals surface area contributed by atoms with Gasteiger partial charge in [-0.25, -0.2) is 4.98 Å². The minimum atomic E-state index is 0.276. The Morgan fingerprint density at radius 1 is 1.30 bits per heavy atom. The van der Waals surface area contributed by atoms with Crippen LogP contribution in [0.1, 0.15) is 12.0 Å². The number of aryl methyl sites for hydroxylation is 1. The van der Waals surface area contributed by atoms with Gasteiger partial charge >= 0.3 is 0 Å². The maximum Gasteiger partial charge on any atom is 0.167 e. The second-order valence-corrected chi connectivity index (χ2v) is 2.24. The number of pyridine rings is 1. The molecular formula is C8H12NO+. The Morgan fingerprint density at radius 3 is 2.60 bits per heavy atom. The topological polar surface area (TPSA) is 34.4 Å². The fourth-order valence-electron chi connectivity index (χ4n) is 0.871. The summed E-state index contributed by atoms with van der Waals surface area (Å²) in [6, 6.07) is 4.05. The van der Waals surface area contributed by atoms with E-state index in [9.17, 15) is 0 Å². The summed E-state index contributed by atoms with van der Waals surface area (Å²) >= 11 is 0. The number of rotatable bonds is 3. The van der Waals surface area contributed by atoms with E-state index in [1.807, 2.05) is 24.5 Å². The molecule has 2 heteroatoms. The first-order valence-electron chi connectivity index (χ1n) is 3.49. The van der Waals surface area contributed by atoms with Crippen molar-refractivity contribution in [1.82, 2.24) is 0 Å². The molecule has 0 radical (unpaired) electrons. The van der Waals surface area contributed by atoms with Gasteiger partial charge in [0.25, 0.3) is 0 Å². The highest BCUT2D eigenvalue weighted by atomic mass is 16.2. The fraction of sp³-hybridized carbons (Fsp3) is 0.375. The molecule has 2 nitrogen and oxygen atoms in total. The molecule has 0 amide bonds. The van der Waals surface area contributed by atoms with E-state index in [-0.39, 0.29) is 6.61 Å². The van der Waals surface area contributed by atoms with Gasteiger partial charge in [-0.2, -0.15) is 0 Å². The van der Waals surface area contributed by atoms with Crippen LogP contribution in [0.3, 0.4) is 0 Å². The van der Waals surface area contributed by atoms with Gasteiger partial charge in [0.15, 0.2) is 12.4 Å². The molecule has 2 N–H and O–H groups in total. The summed E-state index contributed by atoms with van der Waals surface area (Å²) in [4.78, 5) is 2.95. The molecule has 0 fully saturated rings. The van der Waals surface area contributed by atoms with E-state index in [4.69, 9.17) is 5.11 Å². The molecular weight excluding hydrogens is 126 g/mol. The lowest BCUT2D eigenvalue weighted by Gasteiger charge is -1.93. The SMILES string of the molecule is OCCCc1cc[nH+]cc1. The normalized spacial score (nSPS) is 9.70. The fourth-order valence-corrected chi connectivity index (χ4v) is 0.871. The predicted molar refractivity (Wildman–Crippen MR) is 38.4 cm³/mol. The standard InChI is InChI=1S/C8H11NO/c10-7-1-2-8-3-5-9-6-4-8/h3-6,10H,1-2,7H2/p+1. The molecule has 0 saturated carbocycles. The molecule has 0 aliphatic heterocycles. The monoisotopic (exact) mass is 138 g/mol. The Labute approximate surface area is 60.5 Å². The number of aliphatic hydroxyl groups is 1. The van der Waals surface area contributed by atoms with E-state index >= 15 is 0 Å². The van der Waals surface area contributed by atoms with E-state index < -0.39 is 0 Å². The van der Waals surface area contributed by atoms with Gasteiger partial charge in [0.2, 0.25) is 0 Å². The maximum atomic E-state index is 8.52. The van der Waals surface area contributed by atoms with Crippen molar-refractivity contribution in [3.63, 3.8) is 0 Å². The van der Waals surface area contributed by atoms with Gasteiger partial charge in [-0.3, -0.25) is 0 Å². The molecule has 1 aromatic heterocycles. The van der Waals surface area contributed by atoms with Crippen molar-refractivity contribution in [2.75, 3.05) is 6.61 Å². The second kappa shape index (κ2) is 4.01. The Hall–Kier alpha value is -0.890. The number of hydrogen-bond acceptors (Lipinski definition) is 1. The van der Waals surface area contributed by atoms with Crippen LogP contribution >= 0.6 is 0 Å². The summed E-state index contributed by atoms with van der Waals surface area (Å²) in [6.45, 7) is 0.276. The molecule has 1 heterocycles. The van der Waals surface area contributed by atoms with Crippen molar-refractivity contribution >= 4 is 0 Å². The van der Waals surface area contributed by atoms with Crippen LogP contribution < -0.4 is 4.98 Å². The van der Waals surface area contributed by atoms with Gasteiger partial charge in [0.1, 0.15) is 0 Å². The molecule has 1 rings (SSSR count). The summed E-state index contributed by atoms with van der Waals surface area (Å²) in [5.74, 6) is 0. The van der Waals surface area contributed by atoms with Crippen LogP contribution in [-0.4, -0.2) is 11.7 Å². The van der Waals surface area contributed by atoms with Gasteiger partial charge in [0.05, 0.1) is 0 Å². The first-order valence-corrected chi connectivity index (χ1v) is 3.49. The largest absolute Gasteiger partial charge is 0.396 e. The molecule has 0 saturated heterocycles. The van der Waals surface area contributed by atoms with Crippen LogP contribution in [0.15, 0.2) is 24.5 Å². The lowest BCUT2D eigenvalue weighted by molar-refractivity contribution is -0.378. The van der Waals surface area contributed by atoms with Gasteiger partial charge in [-0.1, -0.05) is 0 Å². The molecule has 0 aliphatic carbocycles. The van der Waals surface area contributed by atoms with Crippen LogP contribution in [0, 0.1) is 0 Å². The number of hydrogen-bond donors (Lipinski definition) is 1. The highest BCUT2D eigenvalue weighted by Gasteiger charge is 1.91. The zero-order valence-corrected chi connectivity index (χ0v) is 5.88. The number of H-pyrrole nitrogens is 1. The third kappa shape index (κ3) is 2.15. The molecule has 1 aromatic rings. The van der Waals surface area contributed by atoms with Gasteiger partial charge in [-0.15, -0.1) is 0 Å². The molecule has 54 valence electrons. The van der Waals surface area contributed by atoms with Gasteiger partial charge in [-0.05, 0) is 18.4 Å². The highest BCUT2D eigenvalue weighted by molar-refractivity contribution is 5.06. The molecule has 0 aliphatic rings. The van der Waals surface area contributed by atoms with Crippen LogP contribution in [0.2, 0.25) is 0 Å². The lowest BCUT2D eigenvalue weighted by Crippen LogP contribution is -1.99. The Kier molecular flexibility index (Phi) is 2.90.